The molecule has 0 radical (unpaired) electrons. The second-order valence-electron chi connectivity index (χ2n) is 5.51. The van der Waals surface area contributed by atoms with E-state index in [1.54, 1.807) is 0 Å². The minimum absolute atomic E-state index is 0.121. The monoisotopic (exact) mass is 293 g/mol. The van der Waals surface area contributed by atoms with Crippen molar-refractivity contribution in [3.05, 3.63) is 59.8 Å². The van der Waals surface area contributed by atoms with E-state index in [0.717, 1.165) is 22.3 Å². The average molecular weight is 293 g/mol. The summed E-state index contributed by atoms with van der Waals surface area (Å²) in [5.74, 6) is 1.30. The fourth-order valence-corrected chi connectivity index (χ4v) is 2.50. The van der Waals surface area contributed by atoms with Gasteiger partial charge >= 0.3 is 0 Å². The van der Waals surface area contributed by atoms with Gasteiger partial charge in [0.05, 0.1) is 17.8 Å². The third-order valence-corrected chi connectivity index (χ3v) is 3.61. The summed E-state index contributed by atoms with van der Waals surface area (Å²) >= 11 is 0. The Balaban J connectivity index is 1.84. The number of rotatable bonds is 4. The lowest BCUT2D eigenvalue weighted by Crippen LogP contribution is -2.11. The Morgan fingerprint density at radius 2 is 1.91 bits per heavy atom. The molecular formula is C18H19N3O. The first-order valence-electron chi connectivity index (χ1n) is 7.35. The molecule has 4 heteroatoms. The zero-order valence-electron chi connectivity index (χ0n) is 12.8. The smallest absolute Gasteiger partial charge is 0.220 e. The molecule has 1 unspecified atom stereocenters. The molecule has 3 rings (SSSR count). The van der Waals surface area contributed by atoms with Crippen LogP contribution in [0.4, 0.5) is 5.95 Å². The Morgan fingerprint density at radius 1 is 1.09 bits per heavy atom. The predicted molar refractivity (Wildman–Crippen MR) is 89.0 cm³/mol. The highest BCUT2D eigenvalue weighted by Gasteiger charge is 2.14. The number of aryl methyl sites for hydroxylation is 1. The van der Waals surface area contributed by atoms with E-state index in [4.69, 9.17) is 10.5 Å². The van der Waals surface area contributed by atoms with Crippen LogP contribution in [-0.2, 0) is 0 Å². The quantitative estimate of drug-likeness (QED) is 0.796. The van der Waals surface area contributed by atoms with Crippen LogP contribution in [-0.4, -0.2) is 16.6 Å². The molecule has 0 saturated carbocycles. The van der Waals surface area contributed by atoms with Crippen LogP contribution in [0.1, 0.15) is 24.1 Å². The van der Waals surface area contributed by atoms with Crippen molar-refractivity contribution in [1.82, 2.24) is 9.97 Å². The van der Waals surface area contributed by atoms with Crippen molar-refractivity contribution in [2.24, 2.45) is 0 Å². The first-order valence-corrected chi connectivity index (χ1v) is 7.35. The molecule has 4 nitrogen and oxygen atoms in total. The van der Waals surface area contributed by atoms with Gasteiger partial charge < -0.3 is 10.5 Å². The number of nitrogen functional groups attached to an aromatic ring is 1. The Kier molecular flexibility index (Phi) is 3.92. The van der Waals surface area contributed by atoms with E-state index in [2.05, 4.69) is 29.9 Å². The number of benzene rings is 2. The lowest BCUT2D eigenvalue weighted by Gasteiger charge is -2.15. The minimum Gasteiger partial charge on any atom is -0.493 e. The van der Waals surface area contributed by atoms with Crippen molar-refractivity contribution in [2.45, 2.75) is 19.8 Å². The molecule has 0 saturated heterocycles. The third kappa shape index (κ3) is 3.01. The van der Waals surface area contributed by atoms with E-state index in [1.165, 1.54) is 5.56 Å². The molecule has 0 aliphatic carbocycles. The average Bonchev–Trinajstić information content (AvgIpc) is 2.52. The number of anilines is 1. The fourth-order valence-electron chi connectivity index (χ4n) is 2.50. The fraction of sp³-hybridized carbons (Fsp3) is 0.222. The Bertz CT molecular complexity index is 801. The van der Waals surface area contributed by atoms with Crippen LogP contribution < -0.4 is 10.5 Å². The summed E-state index contributed by atoms with van der Waals surface area (Å²) in [6.45, 7) is 4.68. The van der Waals surface area contributed by atoms with Gasteiger partial charge in [0.25, 0.3) is 0 Å². The van der Waals surface area contributed by atoms with Crippen LogP contribution in [0.5, 0.6) is 5.75 Å². The van der Waals surface area contributed by atoms with E-state index < -0.39 is 0 Å². The molecule has 0 fully saturated rings. The van der Waals surface area contributed by atoms with Gasteiger partial charge in [0, 0.05) is 11.3 Å². The maximum absolute atomic E-state index is 5.89. The Morgan fingerprint density at radius 3 is 2.73 bits per heavy atom. The van der Waals surface area contributed by atoms with Crippen LogP contribution >= 0.6 is 0 Å². The van der Waals surface area contributed by atoms with Crippen molar-refractivity contribution >= 4 is 16.9 Å². The van der Waals surface area contributed by atoms with Crippen LogP contribution in [0.25, 0.3) is 10.9 Å². The van der Waals surface area contributed by atoms with Gasteiger partial charge in [0.2, 0.25) is 5.95 Å². The summed E-state index contributed by atoms with van der Waals surface area (Å²) in [5, 5.41) is 1.03. The standard InChI is InChI=1S/C18H19N3O/c1-12-6-5-7-14(10-12)22-11-13(2)17-15-8-3-4-9-16(15)20-18(19)21-17/h3-10,13H,11H2,1-2H3,(H2,19,20,21). The first-order chi connectivity index (χ1) is 10.6. The van der Waals surface area contributed by atoms with E-state index in [9.17, 15) is 0 Å². The van der Waals surface area contributed by atoms with Gasteiger partial charge in [0.1, 0.15) is 5.75 Å². The second-order valence-corrected chi connectivity index (χ2v) is 5.51. The largest absolute Gasteiger partial charge is 0.493 e. The molecule has 1 aromatic heterocycles. The molecule has 112 valence electrons. The maximum atomic E-state index is 5.89. The number of hydrogen-bond donors (Lipinski definition) is 1. The molecule has 2 N–H and O–H groups in total. The molecule has 0 bridgehead atoms. The second kappa shape index (κ2) is 6.02. The minimum atomic E-state index is 0.121. The van der Waals surface area contributed by atoms with Gasteiger partial charge in [0.15, 0.2) is 0 Å². The topological polar surface area (TPSA) is 61.0 Å². The molecule has 0 amide bonds. The molecule has 1 heterocycles. The number of para-hydroxylation sites is 1. The molecule has 2 aromatic carbocycles. The van der Waals surface area contributed by atoms with E-state index in [0.29, 0.717) is 12.6 Å². The summed E-state index contributed by atoms with van der Waals surface area (Å²) in [6, 6.07) is 15.9. The van der Waals surface area contributed by atoms with Crippen molar-refractivity contribution in [1.29, 1.82) is 0 Å². The lowest BCUT2D eigenvalue weighted by molar-refractivity contribution is 0.294. The van der Waals surface area contributed by atoms with Crippen LogP contribution in [0.15, 0.2) is 48.5 Å². The molecular weight excluding hydrogens is 274 g/mol. The van der Waals surface area contributed by atoms with Gasteiger partial charge in [-0.2, -0.15) is 0 Å². The van der Waals surface area contributed by atoms with E-state index in [-0.39, 0.29) is 5.92 Å². The number of ether oxygens (including phenoxy) is 1. The van der Waals surface area contributed by atoms with Crippen LogP contribution in [0, 0.1) is 6.92 Å². The number of nitrogens with zero attached hydrogens (tertiary/aromatic N) is 2. The zero-order valence-corrected chi connectivity index (χ0v) is 12.8. The first kappa shape index (κ1) is 14.3. The normalized spacial score (nSPS) is 12.3. The van der Waals surface area contributed by atoms with E-state index >= 15 is 0 Å². The number of fused-ring (bicyclic) bond motifs is 1. The summed E-state index contributed by atoms with van der Waals surface area (Å²) in [7, 11) is 0. The number of hydrogen-bond acceptors (Lipinski definition) is 4. The van der Waals surface area contributed by atoms with Crippen LogP contribution in [0.2, 0.25) is 0 Å². The molecule has 1 atom stereocenters. The highest BCUT2D eigenvalue weighted by Crippen LogP contribution is 2.24. The molecule has 3 aromatic rings. The third-order valence-electron chi connectivity index (χ3n) is 3.61. The van der Waals surface area contributed by atoms with Crippen molar-refractivity contribution < 1.29 is 4.74 Å². The van der Waals surface area contributed by atoms with E-state index in [1.807, 2.05) is 42.5 Å². The van der Waals surface area contributed by atoms with Crippen LogP contribution in [0.3, 0.4) is 0 Å². The predicted octanol–water partition coefficient (Wildman–Crippen LogP) is 3.70. The van der Waals surface area contributed by atoms with Gasteiger partial charge in [-0.15, -0.1) is 0 Å². The van der Waals surface area contributed by atoms with Crippen molar-refractivity contribution in [3.8, 4) is 5.75 Å². The highest BCUT2D eigenvalue weighted by molar-refractivity contribution is 5.82. The molecule has 0 aliphatic heterocycles. The summed E-state index contributed by atoms with van der Waals surface area (Å²) in [5.41, 5.74) is 8.80. The SMILES string of the molecule is Cc1cccc(OCC(C)c2nc(N)nc3ccccc23)c1. The van der Waals surface area contributed by atoms with Crippen molar-refractivity contribution in [2.75, 3.05) is 12.3 Å². The zero-order chi connectivity index (χ0) is 15.5. The maximum Gasteiger partial charge on any atom is 0.220 e. The number of aromatic nitrogens is 2. The number of nitrogens with two attached hydrogens (primary N) is 1. The summed E-state index contributed by atoms with van der Waals surface area (Å²) < 4.78 is 5.89. The van der Waals surface area contributed by atoms with Gasteiger partial charge in [-0.3, -0.25) is 0 Å². The Hall–Kier alpha value is -2.62. The Labute approximate surface area is 130 Å². The summed E-state index contributed by atoms with van der Waals surface area (Å²) in [6.07, 6.45) is 0. The van der Waals surface area contributed by atoms with Crippen molar-refractivity contribution in [3.63, 3.8) is 0 Å². The summed E-state index contributed by atoms with van der Waals surface area (Å²) in [4.78, 5) is 8.69. The van der Waals surface area contributed by atoms with Gasteiger partial charge in [-0.1, -0.05) is 37.3 Å². The molecule has 0 aliphatic rings. The molecule has 0 spiro atoms. The highest BCUT2D eigenvalue weighted by atomic mass is 16.5. The van der Waals surface area contributed by atoms with Gasteiger partial charge in [-0.25, -0.2) is 9.97 Å². The molecule has 22 heavy (non-hydrogen) atoms. The van der Waals surface area contributed by atoms with Gasteiger partial charge in [-0.05, 0) is 30.7 Å². The lowest BCUT2D eigenvalue weighted by atomic mass is 10.0.